The van der Waals surface area contributed by atoms with Crippen LogP contribution in [0.25, 0.3) is 0 Å². The van der Waals surface area contributed by atoms with E-state index in [-0.39, 0.29) is 12.5 Å². The monoisotopic (exact) mass is 359 g/mol. The van der Waals surface area contributed by atoms with Crippen molar-refractivity contribution < 1.29 is 9.53 Å². The molecule has 0 aliphatic heterocycles. The highest BCUT2D eigenvalue weighted by Gasteiger charge is 2.20. The Morgan fingerprint density at radius 2 is 2.10 bits per heavy atom. The summed E-state index contributed by atoms with van der Waals surface area (Å²) in [5.74, 6) is 1.16. The van der Waals surface area contributed by atoms with Gasteiger partial charge in [-0.15, -0.1) is 0 Å². The van der Waals surface area contributed by atoms with E-state index < -0.39 is 0 Å². The second-order valence-corrected chi connectivity index (χ2v) is 6.91. The van der Waals surface area contributed by atoms with Gasteiger partial charge >= 0.3 is 0 Å². The van der Waals surface area contributed by atoms with E-state index >= 15 is 0 Å². The van der Waals surface area contributed by atoms with Gasteiger partial charge in [0.05, 0.1) is 0 Å². The first-order valence-electron chi connectivity index (χ1n) is 6.92. The van der Waals surface area contributed by atoms with Crippen LogP contribution in [0.4, 0.5) is 0 Å². The third-order valence-electron chi connectivity index (χ3n) is 3.49. The highest BCUT2D eigenvalue weighted by atomic mass is 79.9. The molecule has 1 amide bonds. The second kappa shape index (κ2) is 7.89. The maximum Gasteiger partial charge on any atom is 0.257 e. The number of amides is 1. The highest BCUT2D eigenvalue weighted by molar-refractivity contribution is 9.09. The molecule has 5 heteroatoms. The highest BCUT2D eigenvalue weighted by Crippen LogP contribution is 2.28. The molecule has 0 saturated heterocycles. The van der Waals surface area contributed by atoms with Crippen molar-refractivity contribution in [3.63, 3.8) is 0 Å². The van der Waals surface area contributed by atoms with Gasteiger partial charge in [-0.05, 0) is 49.4 Å². The quantitative estimate of drug-likeness (QED) is 0.811. The molecular formula is C15H19BrClNO2. The first-order valence-corrected chi connectivity index (χ1v) is 8.22. The fourth-order valence-corrected chi connectivity index (χ4v) is 3.38. The molecule has 0 bridgehead atoms. The van der Waals surface area contributed by atoms with Crippen molar-refractivity contribution in [2.45, 2.75) is 30.5 Å². The summed E-state index contributed by atoms with van der Waals surface area (Å²) in [4.78, 5) is 12.3. The molecule has 2 unspecified atom stereocenters. The van der Waals surface area contributed by atoms with E-state index in [1.165, 1.54) is 19.3 Å². The molecule has 0 heterocycles. The second-order valence-electron chi connectivity index (χ2n) is 5.18. The molecule has 1 fully saturated rings. The SMILES string of the molecule is O=C(COc1ccc(Cl)cc1)NCC1CCCC(Br)C1. The molecule has 0 radical (unpaired) electrons. The zero-order valence-corrected chi connectivity index (χ0v) is 13.6. The van der Waals surface area contributed by atoms with Crippen molar-refractivity contribution in [3.05, 3.63) is 29.3 Å². The number of rotatable bonds is 5. The van der Waals surface area contributed by atoms with Gasteiger partial charge in [-0.2, -0.15) is 0 Å². The number of carbonyl (C=O) groups is 1. The summed E-state index contributed by atoms with van der Waals surface area (Å²) in [6, 6.07) is 7.00. The van der Waals surface area contributed by atoms with Crippen LogP contribution >= 0.6 is 27.5 Å². The van der Waals surface area contributed by atoms with Crippen LogP contribution in [0.15, 0.2) is 24.3 Å². The molecule has 0 spiro atoms. The molecular weight excluding hydrogens is 342 g/mol. The summed E-state index contributed by atoms with van der Waals surface area (Å²) >= 11 is 9.44. The minimum absolute atomic E-state index is 0.0477. The Balaban J connectivity index is 1.66. The van der Waals surface area contributed by atoms with Crippen LogP contribution in [-0.2, 0) is 4.79 Å². The lowest BCUT2D eigenvalue weighted by Crippen LogP contribution is -2.34. The van der Waals surface area contributed by atoms with Gasteiger partial charge < -0.3 is 10.1 Å². The lowest BCUT2D eigenvalue weighted by atomic mass is 9.89. The van der Waals surface area contributed by atoms with Gasteiger partial charge in [-0.3, -0.25) is 4.79 Å². The van der Waals surface area contributed by atoms with Gasteiger partial charge in [0.25, 0.3) is 5.91 Å². The van der Waals surface area contributed by atoms with Crippen molar-refractivity contribution in [2.75, 3.05) is 13.2 Å². The number of carbonyl (C=O) groups excluding carboxylic acids is 1. The van der Waals surface area contributed by atoms with Crippen molar-refractivity contribution in [3.8, 4) is 5.75 Å². The average molecular weight is 361 g/mol. The Kier molecular flexibility index (Phi) is 6.17. The van der Waals surface area contributed by atoms with Crippen LogP contribution in [-0.4, -0.2) is 23.9 Å². The summed E-state index contributed by atoms with van der Waals surface area (Å²) in [7, 11) is 0. The van der Waals surface area contributed by atoms with E-state index in [2.05, 4.69) is 21.2 Å². The summed E-state index contributed by atoms with van der Waals surface area (Å²) in [6.45, 7) is 0.789. The first kappa shape index (κ1) is 15.6. The van der Waals surface area contributed by atoms with Crippen molar-refractivity contribution in [1.29, 1.82) is 0 Å². The summed E-state index contributed by atoms with van der Waals surface area (Å²) in [5.41, 5.74) is 0. The summed E-state index contributed by atoms with van der Waals surface area (Å²) in [5, 5.41) is 3.60. The lowest BCUT2D eigenvalue weighted by molar-refractivity contribution is -0.123. The molecule has 1 aliphatic rings. The molecule has 1 aromatic carbocycles. The Morgan fingerprint density at radius 1 is 1.35 bits per heavy atom. The van der Waals surface area contributed by atoms with Gasteiger partial charge in [0.1, 0.15) is 5.75 Å². The fourth-order valence-electron chi connectivity index (χ4n) is 2.40. The zero-order chi connectivity index (χ0) is 14.4. The summed E-state index contributed by atoms with van der Waals surface area (Å²) < 4.78 is 5.40. The Hall–Kier alpha value is -0.740. The Morgan fingerprint density at radius 3 is 2.80 bits per heavy atom. The molecule has 2 atom stereocenters. The predicted molar refractivity (Wildman–Crippen MR) is 84.6 cm³/mol. The summed E-state index contributed by atoms with van der Waals surface area (Å²) in [6.07, 6.45) is 4.81. The Bertz CT molecular complexity index is 438. The third kappa shape index (κ3) is 5.33. The Labute approximate surface area is 133 Å². The number of ether oxygens (including phenoxy) is 1. The maximum absolute atomic E-state index is 11.7. The van der Waals surface area contributed by atoms with Gasteiger partial charge in [-0.25, -0.2) is 0 Å². The number of halogens is 2. The zero-order valence-electron chi connectivity index (χ0n) is 11.3. The van der Waals surface area contributed by atoms with E-state index in [0.29, 0.717) is 21.5 Å². The van der Waals surface area contributed by atoms with Crippen LogP contribution in [0.1, 0.15) is 25.7 Å². The van der Waals surface area contributed by atoms with Crippen LogP contribution in [0, 0.1) is 5.92 Å². The maximum atomic E-state index is 11.7. The average Bonchev–Trinajstić information content (AvgIpc) is 2.45. The van der Waals surface area contributed by atoms with Crippen LogP contribution < -0.4 is 10.1 Å². The van der Waals surface area contributed by atoms with E-state index in [1.807, 2.05) is 0 Å². The minimum Gasteiger partial charge on any atom is -0.484 e. The first-order chi connectivity index (χ1) is 9.63. The van der Waals surface area contributed by atoms with E-state index in [4.69, 9.17) is 16.3 Å². The van der Waals surface area contributed by atoms with Crippen molar-refractivity contribution >= 4 is 33.4 Å². The van der Waals surface area contributed by atoms with Gasteiger partial charge in [0, 0.05) is 16.4 Å². The largest absolute Gasteiger partial charge is 0.484 e. The molecule has 2 rings (SSSR count). The lowest BCUT2D eigenvalue weighted by Gasteiger charge is -2.25. The molecule has 110 valence electrons. The van der Waals surface area contributed by atoms with E-state index in [1.54, 1.807) is 24.3 Å². The molecule has 3 nitrogen and oxygen atoms in total. The minimum atomic E-state index is -0.0726. The van der Waals surface area contributed by atoms with Gasteiger partial charge in [0.15, 0.2) is 6.61 Å². The molecule has 20 heavy (non-hydrogen) atoms. The van der Waals surface area contributed by atoms with Crippen LogP contribution in [0.3, 0.4) is 0 Å². The molecule has 0 aromatic heterocycles. The van der Waals surface area contributed by atoms with Crippen LogP contribution in [0.5, 0.6) is 5.75 Å². The third-order valence-corrected chi connectivity index (χ3v) is 4.57. The molecule has 1 aliphatic carbocycles. The molecule has 1 aromatic rings. The number of hydrogen-bond donors (Lipinski definition) is 1. The number of benzene rings is 1. The van der Waals surface area contributed by atoms with E-state index in [0.717, 1.165) is 13.0 Å². The predicted octanol–water partition coefficient (Wildman–Crippen LogP) is 3.79. The van der Waals surface area contributed by atoms with Gasteiger partial charge in [-0.1, -0.05) is 34.0 Å². The standard InChI is InChI=1S/C15H19BrClNO2/c16-12-3-1-2-11(8-12)9-18-15(19)10-20-14-6-4-13(17)5-7-14/h4-7,11-12H,1-3,8-10H2,(H,18,19). The number of nitrogens with one attached hydrogen (secondary N) is 1. The van der Waals surface area contributed by atoms with Crippen LogP contribution in [0.2, 0.25) is 5.02 Å². The normalized spacial score (nSPS) is 22.3. The van der Waals surface area contributed by atoms with Crippen molar-refractivity contribution in [1.82, 2.24) is 5.32 Å². The topological polar surface area (TPSA) is 38.3 Å². The van der Waals surface area contributed by atoms with E-state index in [9.17, 15) is 4.79 Å². The fraction of sp³-hybridized carbons (Fsp3) is 0.533. The van der Waals surface area contributed by atoms with Crippen molar-refractivity contribution in [2.24, 2.45) is 5.92 Å². The number of hydrogen-bond acceptors (Lipinski definition) is 2. The number of alkyl halides is 1. The smallest absolute Gasteiger partial charge is 0.257 e. The molecule has 1 N–H and O–H groups in total. The van der Waals surface area contributed by atoms with Gasteiger partial charge in [0.2, 0.25) is 0 Å². The molecule has 1 saturated carbocycles.